The van der Waals surface area contributed by atoms with Crippen molar-refractivity contribution in [2.24, 2.45) is 0 Å². The molecule has 0 N–H and O–H groups in total. The molecule has 0 aliphatic carbocycles. The monoisotopic (exact) mass is 341 g/mol. The molecule has 2 aromatic rings. The Hall–Kier alpha value is -2.50. The number of ether oxygens (including phenoxy) is 2. The molecule has 0 radical (unpaired) electrons. The first-order valence-electron chi connectivity index (χ1n) is 8.79. The molecule has 6 heteroatoms. The fourth-order valence-electron chi connectivity index (χ4n) is 3.69. The van der Waals surface area contributed by atoms with Crippen LogP contribution < -0.4 is 9.47 Å². The maximum absolute atomic E-state index is 12.6. The molecular weight excluding hydrogens is 318 g/mol. The topological polar surface area (TPSA) is 56.6 Å². The summed E-state index contributed by atoms with van der Waals surface area (Å²) >= 11 is 0. The average Bonchev–Trinajstić information content (AvgIpc) is 3.31. The number of aryl methyl sites for hydroxylation is 3. The molecule has 1 amide bonds. The highest BCUT2D eigenvalue weighted by molar-refractivity contribution is 5.76. The third kappa shape index (κ3) is 3.21. The standard InChI is InChI=1S/C19H23N3O3/c1-13-9-14(2)22(20-13)16-7-8-21(11-16)19(23)6-4-15-3-5-17-18(10-15)25-12-24-17/h3,5,9-10,16H,4,6-8,11-12H2,1-2H3/t16-/m0/s1. The Morgan fingerprint density at radius 1 is 1.24 bits per heavy atom. The number of benzene rings is 1. The van der Waals surface area contributed by atoms with Crippen LogP contribution in [0, 0.1) is 13.8 Å². The number of amides is 1. The lowest BCUT2D eigenvalue weighted by Crippen LogP contribution is -2.29. The molecule has 1 aromatic heterocycles. The van der Waals surface area contributed by atoms with Gasteiger partial charge in [-0.2, -0.15) is 5.10 Å². The molecule has 6 nitrogen and oxygen atoms in total. The highest BCUT2D eigenvalue weighted by Gasteiger charge is 2.28. The molecule has 1 aromatic carbocycles. The highest BCUT2D eigenvalue weighted by Crippen LogP contribution is 2.33. The summed E-state index contributed by atoms with van der Waals surface area (Å²) in [5, 5.41) is 4.57. The molecule has 0 bridgehead atoms. The van der Waals surface area contributed by atoms with Gasteiger partial charge in [0.25, 0.3) is 0 Å². The minimum absolute atomic E-state index is 0.210. The fourth-order valence-corrected chi connectivity index (χ4v) is 3.69. The van der Waals surface area contributed by atoms with Crippen molar-refractivity contribution in [2.75, 3.05) is 19.9 Å². The van der Waals surface area contributed by atoms with Crippen molar-refractivity contribution in [2.45, 2.75) is 39.2 Å². The van der Waals surface area contributed by atoms with E-state index in [4.69, 9.17) is 9.47 Å². The Bertz CT molecular complexity index is 799. The summed E-state index contributed by atoms with van der Waals surface area (Å²) < 4.78 is 12.8. The van der Waals surface area contributed by atoms with Crippen molar-refractivity contribution in [3.8, 4) is 11.5 Å². The highest BCUT2D eigenvalue weighted by atomic mass is 16.7. The molecule has 1 atom stereocenters. The van der Waals surface area contributed by atoms with Gasteiger partial charge in [-0.1, -0.05) is 6.07 Å². The summed E-state index contributed by atoms with van der Waals surface area (Å²) in [5.41, 5.74) is 3.30. The van der Waals surface area contributed by atoms with E-state index in [2.05, 4.69) is 22.8 Å². The Labute approximate surface area is 147 Å². The van der Waals surface area contributed by atoms with Gasteiger partial charge in [-0.25, -0.2) is 0 Å². The van der Waals surface area contributed by atoms with E-state index < -0.39 is 0 Å². The lowest BCUT2D eigenvalue weighted by molar-refractivity contribution is -0.130. The molecule has 1 saturated heterocycles. The third-order valence-electron chi connectivity index (χ3n) is 4.97. The van der Waals surface area contributed by atoms with E-state index in [1.807, 2.05) is 30.0 Å². The number of carbonyl (C=O) groups is 1. The van der Waals surface area contributed by atoms with Crippen LogP contribution in [-0.2, 0) is 11.2 Å². The van der Waals surface area contributed by atoms with Crippen LogP contribution >= 0.6 is 0 Å². The van der Waals surface area contributed by atoms with E-state index in [-0.39, 0.29) is 12.7 Å². The number of likely N-dealkylation sites (tertiary alicyclic amines) is 1. The summed E-state index contributed by atoms with van der Waals surface area (Å²) in [7, 11) is 0. The lowest BCUT2D eigenvalue weighted by atomic mass is 10.1. The molecule has 132 valence electrons. The lowest BCUT2D eigenvalue weighted by Gasteiger charge is -2.17. The maximum atomic E-state index is 12.6. The second kappa shape index (κ2) is 6.43. The number of hydrogen-bond donors (Lipinski definition) is 0. The number of hydrogen-bond acceptors (Lipinski definition) is 4. The predicted molar refractivity (Wildman–Crippen MR) is 92.8 cm³/mol. The van der Waals surface area contributed by atoms with Crippen LogP contribution in [0.4, 0.5) is 0 Å². The second-order valence-corrected chi connectivity index (χ2v) is 6.84. The van der Waals surface area contributed by atoms with Gasteiger partial charge in [0.1, 0.15) is 0 Å². The molecule has 0 unspecified atom stereocenters. The molecule has 3 heterocycles. The first-order chi connectivity index (χ1) is 12.1. The minimum atomic E-state index is 0.210. The number of nitrogens with zero attached hydrogens (tertiary/aromatic N) is 3. The smallest absolute Gasteiger partial charge is 0.231 e. The molecule has 25 heavy (non-hydrogen) atoms. The first-order valence-corrected chi connectivity index (χ1v) is 8.79. The van der Waals surface area contributed by atoms with Crippen molar-refractivity contribution >= 4 is 5.91 Å². The van der Waals surface area contributed by atoms with Crippen LogP contribution in [0.3, 0.4) is 0 Å². The van der Waals surface area contributed by atoms with Gasteiger partial charge in [-0.3, -0.25) is 9.48 Å². The number of fused-ring (bicyclic) bond motifs is 1. The van der Waals surface area contributed by atoms with Crippen LogP contribution in [0.15, 0.2) is 24.3 Å². The largest absolute Gasteiger partial charge is 0.454 e. The van der Waals surface area contributed by atoms with Gasteiger partial charge >= 0.3 is 0 Å². The van der Waals surface area contributed by atoms with Crippen LogP contribution in [0.1, 0.15) is 35.8 Å². The van der Waals surface area contributed by atoms with Gasteiger partial charge < -0.3 is 14.4 Å². The van der Waals surface area contributed by atoms with Gasteiger partial charge in [0.15, 0.2) is 11.5 Å². The minimum Gasteiger partial charge on any atom is -0.454 e. The van der Waals surface area contributed by atoms with Crippen LogP contribution in [0.5, 0.6) is 11.5 Å². The van der Waals surface area contributed by atoms with Crippen LogP contribution in [-0.4, -0.2) is 40.5 Å². The van der Waals surface area contributed by atoms with Crippen molar-refractivity contribution in [1.82, 2.24) is 14.7 Å². The average molecular weight is 341 g/mol. The predicted octanol–water partition coefficient (Wildman–Crippen LogP) is 2.63. The van der Waals surface area contributed by atoms with E-state index in [1.165, 1.54) is 0 Å². The second-order valence-electron chi connectivity index (χ2n) is 6.84. The summed E-state index contributed by atoms with van der Waals surface area (Å²) in [6.07, 6.45) is 2.21. The van der Waals surface area contributed by atoms with Crippen LogP contribution in [0.25, 0.3) is 0 Å². The molecule has 0 saturated carbocycles. The Morgan fingerprint density at radius 2 is 2.08 bits per heavy atom. The summed E-state index contributed by atoms with van der Waals surface area (Å²) in [6.45, 7) is 5.92. The number of carbonyl (C=O) groups excluding carboxylic acids is 1. The quantitative estimate of drug-likeness (QED) is 0.858. The normalized spacial score (nSPS) is 18.8. The van der Waals surface area contributed by atoms with Gasteiger partial charge in [-0.15, -0.1) is 0 Å². The van der Waals surface area contributed by atoms with E-state index in [9.17, 15) is 4.79 Å². The third-order valence-corrected chi connectivity index (χ3v) is 4.97. The SMILES string of the molecule is Cc1cc(C)n([C@H]2CCN(C(=O)CCc3ccc4c(c3)OCO4)C2)n1. The molecule has 2 aliphatic rings. The van der Waals surface area contributed by atoms with Gasteiger partial charge in [0, 0.05) is 25.2 Å². The zero-order valence-electron chi connectivity index (χ0n) is 14.7. The summed E-state index contributed by atoms with van der Waals surface area (Å²) in [6, 6.07) is 8.27. The number of aromatic nitrogens is 2. The summed E-state index contributed by atoms with van der Waals surface area (Å²) in [5.74, 6) is 1.76. The van der Waals surface area contributed by atoms with E-state index >= 15 is 0 Å². The van der Waals surface area contributed by atoms with Crippen molar-refractivity contribution in [3.63, 3.8) is 0 Å². The summed E-state index contributed by atoms with van der Waals surface area (Å²) in [4.78, 5) is 14.5. The molecule has 2 aliphatic heterocycles. The maximum Gasteiger partial charge on any atom is 0.231 e. The van der Waals surface area contributed by atoms with E-state index in [0.717, 1.165) is 54.4 Å². The van der Waals surface area contributed by atoms with Crippen molar-refractivity contribution in [1.29, 1.82) is 0 Å². The molecule has 1 fully saturated rings. The zero-order valence-corrected chi connectivity index (χ0v) is 14.7. The molecule has 0 spiro atoms. The Morgan fingerprint density at radius 3 is 2.88 bits per heavy atom. The van der Waals surface area contributed by atoms with E-state index in [0.29, 0.717) is 12.5 Å². The Kier molecular flexibility index (Phi) is 4.11. The van der Waals surface area contributed by atoms with Gasteiger partial charge in [-0.05, 0) is 50.5 Å². The van der Waals surface area contributed by atoms with E-state index in [1.54, 1.807) is 0 Å². The van der Waals surface area contributed by atoms with Crippen molar-refractivity contribution < 1.29 is 14.3 Å². The van der Waals surface area contributed by atoms with Gasteiger partial charge in [0.05, 0.1) is 11.7 Å². The zero-order chi connectivity index (χ0) is 17.4. The number of rotatable bonds is 4. The Balaban J connectivity index is 1.34. The molecular formula is C19H23N3O3. The fraction of sp³-hybridized carbons (Fsp3) is 0.474. The van der Waals surface area contributed by atoms with Crippen molar-refractivity contribution in [3.05, 3.63) is 41.2 Å². The van der Waals surface area contributed by atoms with Gasteiger partial charge in [0.2, 0.25) is 12.7 Å². The van der Waals surface area contributed by atoms with Crippen LogP contribution in [0.2, 0.25) is 0 Å². The first kappa shape index (κ1) is 16.0. The molecule has 4 rings (SSSR count).